The van der Waals surface area contributed by atoms with Gasteiger partial charge in [-0.2, -0.15) is 0 Å². The topological polar surface area (TPSA) is 77.7 Å². The van der Waals surface area contributed by atoms with Crippen LogP contribution in [-0.4, -0.2) is 40.6 Å². The SMILES string of the molecule is CN(Cc1cccc(F)c1)C(=O)CSc1nnc(-c2ccc3c(c2)OCO3)o1. The van der Waals surface area contributed by atoms with Crippen molar-refractivity contribution in [1.82, 2.24) is 15.1 Å². The third-order valence-electron chi connectivity index (χ3n) is 4.08. The molecule has 2 aromatic carbocycles. The Kier molecular flexibility index (Phi) is 5.16. The van der Waals surface area contributed by atoms with E-state index in [2.05, 4.69) is 10.2 Å². The summed E-state index contributed by atoms with van der Waals surface area (Å²) in [5, 5.41) is 8.27. The fourth-order valence-electron chi connectivity index (χ4n) is 2.65. The van der Waals surface area contributed by atoms with Gasteiger partial charge in [0.2, 0.25) is 18.6 Å². The van der Waals surface area contributed by atoms with E-state index in [1.165, 1.54) is 17.0 Å². The molecule has 0 saturated heterocycles. The first-order valence-electron chi connectivity index (χ1n) is 8.43. The van der Waals surface area contributed by atoms with Gasteiger partial charge >= 0.3 is 0 Å². The number of amides is 1. The summed E-state index contributed by atoms with van der Waals surface area (Å²) in [6, 6.07) is 11.5. The van der Waals surface area contributed by atoms with E-state index in [0.717, 1.165) is 17.3 Å². The molecular formula is C19H16FN3O4S. The Balaban J connectivity index is 1.34. The number of hydrogen-bond acceptors (Lipinski definition) is 7. The average molecular weight is 401 g/mol. The molecule has 3 aromatic rings. The van der Waals surface area contributed by atoms with Crippen molar-refractivity contribution in [3.8, 4) is 23.0 Å². The van der Waals surface area contributed by atoms with Crippen LogP contribution in [0.25, 0.3) is 11.5 Å². The zero-order valence-corrected chi connectivity index (χ0v) is 15.7. The maximum absolute atomic E-state index is 13.3. The number of carbonyl (C=O) groups is 1. The number of ether oxygens (including phenoxy) is 2. The van der Waals surface area contributed by atoms with Crippen LogP contribution >= 0.6 is 11.8 Å². The second kappa shape index (κ2) is 7.89. The first-order chi connectivity index (χ1) is 13.6. The second-order valence-corrected chi connectivity index (χ2v) is 7.04. The average Bonchev–Trinajstić information content (AvgIpc) is 3.34. The molecule has 0 unspecified atom stereocenters. The Morgan fingerprint density at radius 1 is 1.18 bits per heavy atom. The number of halogens is 1. The summed E-state index contributed by atoms with van der Waals surface area (Å²) in [6.07, 6.45) is 0. The van der Waals surface area contributed by atoms with Crippen LogP contribution in [-0.2, 0) is 11.3 Å². The fourth-order valence-corrected chi connectivity index (χ4v) is 3.35. The minimum atomic E-state index is -0.324. The van der Waals surface area contributed by atoms with Gasteiger partial charge in [-0.25, -0.2) is 4.39 Å². The van der Waals surface area contributed by atoms with Crippen LogP contribution < -0.4 is 9.47 Å². The molecule has 0 bridgehead atoms. The molecule has 144 valence electrons. The van der Waals surface area contributed by atoms with Crippen LogP contribution in [0.5, 0.6) is 11.5 Å². The van der Waals surface area contributed by atoms with Gasteiger partial charge in [0.1, 0.15) is 5.82 Å². The van der Waals surface area contributed by atoms with Crippen LogP contribution in [0.15, 0.2) is 52.1 Å². The van der Waals surface area contributed by atoms with Crippen molar-refractivity contribution in [2.24, 2.45) is 0 Å². The number of fused-ring (bicyclic) bond motifs is 1. The minimum Gasteiger partial charge on any atom is -0.454 e. The number of aromatic nitrogens is 2. The Bertz CT molecular complexity index is 1010. The molecule has 0 N–H and O–H groups in total. The third-order valence-corrected chi connectivity index (χ3v) is 4.88. The first-order valence-corrected chi connectivity index (χ1v) is 9.42. The molecule has 0 aliphatic carbocycles. The summed E-state index contributed by atoms with van der Waals surface area (Å²) in [5.41, 5.74) is 1.43. The van der Waals surface area contributed by atoms with Crippen LogP contribution in [0.1, 0.15) is 5.56 Å². The van der Waals surface area contributed by atoms with E-state index in [-0.39, 0.29) is 24.3 Å². The molecule has 0 fully saturated rings. The first kappa shape index (κ1) is 18.3. The van der Waals surface area contributed by atoms with E-state index in [1.807, 2.05) is 0 Å². The molecule has 1 aromatic heterocycles. The molecule has 28 heavy (non-hydrogen) atoms. The maximum Gasteiger partial charge on any atom is 0.277 e. The Morgan fingerprint density at radius 2 is 2.04 bits per heavy atom. The quantitative estimate of drug-likeness (QED) is 0.586. The standard InChI is InChI=1S/C19H16FN3O4S/c1-23(9-12-3-2-4-14(20)7-12)17(24)10-28-19-22-21-18(27-19)13-5-6-15-16(8-13)26-11-25-15/h2-8H,9-11H2,1H3. The minimum absolute atomic E-state index is 0.128. The van der Waals surface area contributed by atoms with Gasteiger partial charge in [0.05, 0.1) is 5.75 Å². The summed E-state index contributed by atoms with van der Waals surface area (Å²) >= 11 is 1.15. The fraction of sp³-hybridized carbons (Fsp3) is 0.211. The molecule has 0 saturated carbocycles. The summed E-state index contributed by atoms with van der Waals surface area (Å²) in [4.78, 5) is 13.8. The van der Waals surface area contributed by atoms with Crippen molar-refractivity contribution < 1.29 is 23.1 Å². The Hall–Kier alpha value is -3.07. The zero-order chi connectivity index (χ0) is 19.5. The Labute approximate surface area is 164 Å². The monoisotopic (exact) mass is 401 g/mol. The molecule has 9 heteroatoms. The summed E-state index contributed by atoms with van der Waals surface area (Å²) in [7, 11) is 1.67. The van der Waals surface area contributed by atoms with Crippen molar-refractivity contribution in [1.29, 1.82) is 0 Å². The molecule has 0 radical (unpaired) electrons. The van der Waals surface area contributed by atoms with E-state index in [1.54, 1.807) is 37.4 Å². The lowest BCUT2D eigenvalue weighted by Gasteiger charge is -2.16. The van der Waals surface area contributed by atoms with Gasteiger partial charge in [-0.15, -0.1) is 10.2 Å². The van der Waals surface area contributed by atoms with E-state index in [0.29, 0.717) is 34.7 Å². The molecule has 1 aliphatic heterocycles. The molecule has 2 heterocycles. The lowest BCUT2D eigenvalue weighted by molar-refractivity contribution is -0.127. The van der Waals surface area contributed by atoms with Gasteiger partial charge < -0.3 is 18.8 Å². The second-order valence-electron chi connectivity index (χ2n) is 6.11. The summed E-state index contributed by atoms with van der Waals surface area (Å²) < 4.78 is 29.5. The van der Waals surface area contributed by atoms with E-state index in [4.69, 9.17) is 13.9 Å². The highest BCUT2D eigenvalue weighted by atomic mass is 32.2. The zero-order valence-electron chi connectivity index (χ0n) is 14.9. The highest BCUT2D eigenvalue weighted by molar-refractivity contribution is 7.99. The largest absolute Gasteiger partial charge is 0.454 e. The maximum atomic E-state index is 13.3. The van der Waals surface area contributed by atoms with Crippen molar-refractivity contribution in [3.05, 3.63) is 53.8 Å². The normalized spacial score (nSPS) is 12.2. The van der Waals surface area contributed by atoms with Crippen molar-refractivity contribution in [2.45, 2.75) is 11.8 Å². The Morgan fingerprint density at radius 3 is 2.89 bits per heavy atom. The van der Waals surface area contributed by atoms with Gasteiger partial charge in [0, 0.05) is 19.2 Å². The molecule has 1 aliphatic rings. The van der Waals surface area contributed by atoms with Crippen LogP contribution in [0, 0.1) is 5.82 Å². The van der Waals surface area contributed by atoms with E-state index >= 15 is 0 Å². The molecule has 7 nitrogen and oxygen atoms in total. The number of thioether (sulfide) groups is 1. The van der Waals surface area contributed by atoms with Gasteiger partial charge in [-0.1, -0.05) is 23.9 Å². The van der Waals surface area contributed by atoms with Crippen LogP contribution in [0.2, 0.25) is 0 Å². The number of benzene rings is 2. The summed E-state index contributed by atoms with van der Waals surface area (Å²) in [5.74, 6) is 1.31. The molecular weight excluding hydrogens is 385 g/mol. The highest BCUT2D eigenvalue weighted by Crippen LogP contribution is 2.36. The van der Waals surface area contributed by atoms with E-state index in [9.17, 15) is 9.18 Å². The van der Waals surface area contributed by atoms with Crippen molar-refractivity contribution >= 4 is 17.7 Å². The van der Waals surface area contributed by atoms with Crippen molar-refractivity contribution in [2.75, 3.05) is 19.6 Å². The third kappa shape index (κ3) is 4.09. The molecule has 1 amide bonds. The van der Waals surface area contributed by atoms with Crippen LogP contribution in [0.3, 0.4) is 0 Å². The molecule has 0 atom stereocenters. The highest BCUT2D eigenvalue weighted by Gasteiger charge is 2.18. The smallest absolute Gasteiger partial charge is 0.277 e. The van der Waals surface area contributed by atoms with Crippen LogP contribution in [0.4, 0.5) is 4.39 Å². The number of carbonyl (C=O) groups excluding carboxylic acids is 1. The number of nitrogens with zero attached hydrogens (tertiary/aromatic N) is 3. The molecule has 0 spiro atoms. The van der Waals surface area contributed by atoms with Gasteiger partial charge in [-0.05, 0) is 35.9 Å². The van der Waals surface area contributed by atoms with Gasteiger partial charge in [0.15, 0.2) is 11.5 Å². The van der Waals surface area contributed by atoms with Crippen molar-refractivity contribution in [3.63, 3.8) is 0 Å². The lowest BCUT2D eigenvalue weighted by atomic mass is 10.2. The van der Waals surface area contributed by atoms with E-state index < -0.39 is 0 Å². The predicted molar refractivity (Wildman–Crippen MR) is 99.5 cm³/mol. The number of rotatable bonds is 6. The number of hydrogen-bond donors (Lipinski definition) is 0. The van der Waals surface area contributed by atoms with Gasteiger partial charge in [0.25, 0.3) is 5.22 Å². The molecule has 4 rings (SSSR count). The lowest BCUT2D eigenvalue weighted by Crippen LogP contribution is -2.27. The van der Waals surface area contributed by atoms with Gasteiger partial charge in [-0.3, -0.25) is 4.79 Å². The predicted octanol–water partition coefficient (Wildman–Crippen LogP) is 3.36. The summed E-state index contributed by atoms with van der Waals surface area (Å²) in [6.45, 7) is 0.512.